The van der Waals surface area contributed by atoms with Crippen LogP contribution >= 0.6 is 0 Å². The Morgan fingerprint density at radius 1 is 1.48 bits per heavy atom. The number of hydrogen-bond donors (Lipinski definition) is 3. The van der Waals surface area contributed by atoms with Gasteiger partial charge in [-0.15, -0.1) is 0 Å². The van der Waals surface area contributed by atoms with Crippen molar-refractivity contribution < 1.29 is 23.8 Å². The van der Waals surface area contributed by atoms with Gasteiger partial charge in [-0.05, 0) is 17.7 Å². The Bertz CT molecular complexity index is 484. The number of methoxy groups -OCH3 is 1. The second-order valence-corrected chi connectivity index (χ2v) is 4.37. The maximum absolute atomic E-state index is 12.5. The summed E-state index contributed by atoms with van der Waals surface area (Å²) < 4.78 is 30.1. The fraction of sp³-hybridized carbons (Fsp3) is 0.462. The highest BCUT2D eigenvalue weighted by Gasteiger charge is 2.14. The Balaban J connectivity index is 2.92. The number of ether oxygens (including phenoxy) is 1. The molecule has 0 fully saturated rings. The Labute approximate surface area is 121 Å². The lowest BCUT2D eigenvalue weighted by Gasteiger charge is -2.21. The molecule has 1 rings (SSSR count). The summed E-state index contributed by atoms with van der Waals surface area (Å²) in [4.78, 5) is 1.43. The molecule has 0 aliphatic heterocycles. The summed E-state index contributed by atoms with van der Waals surface area (Å²) in [5, 5.41) is 20.5. The van der Waals surface area contributed by atoms with E-state index >= 15 is 0 Å². The molecule has 0 spiro atoms. The van der Waals surface area contributed by atoms with Crippen molar-refractivity contribution in [3.63, 3.8) is 0 Å². The van der Waals surface area contributed by atoms with Crippen molar-refractivity contribution >= 4 is 5.84 Å². The number of aliphatic hydroxyl groups is 1. The van der Waals surface area contributed by atoms with Gasteiger partial charge in [0.15, 0.2) is 5.84 Å². The molecule has 0 unspecified atom stereocenters. The van der Waals surface area contributed by atoms with Crippen molar-refractivity contribution in [2.75, 3.05) is 26.8 Å². The Hall–Kier alpha value is -1.93. The normalized spacial score (nSPS) is 12.2. The zero-order valence-electron chi connectivity index (χ0n) is 11.7. The quantitative estimate of drug-likeness (QED) is 0.287. The van der Waals surface area contributed by atoms with Gasteiger partial charge < -0.3 is 20.8 Å². The number of oxime groups is 1. The van der Waals surface area contributed by atoms with Crippen LogP contribution in [0.25, 0.3) is 0 Å². The smallest absolute Gasteiger partial charge is 0.251 e. The third kappa shape index (κ3) is 5.16. The van der Waals surface area contributed by atoms with Crippen LogP contribution in [0.2, 0.25) is 0 Å². The lowest BCUT2D eigenvalue weighted by Crippen LogP contribution is -2.31. The number of halogens is 2. The molecule has 0 aromatic heterocycles. The fourth-order valence-electron chi connectivity index (χ4n) is 1.93. The fourth-order valence-corrected chi connectivity index (χ4v) is 1.93. The van der Waals surface area contributed by atoms with E-state index in [0.29, 0.717) is 11.3 Å². The van der Waals surface area contributed by atoms with Gasteiger partial charge in [-0.1, -0.05) is 11.2 Å². The standard InChI is InChI=1S/C13H19F2N3O3/c1-21-11-6-9(2-3-10(11)13(16)17-20)7-18(4-5-19)8-12(14)15/h2-3,6,12,19-20H,4-5,7-8H2,1H3,(H2,16,17). The van der Waals surface area contributed by atoms with Crippen molar-refractivity contribution in [3.05, 3.63) is 29.3 Å². The summed E-state index contributed by atoms with van der Waals surface area (Å²) >= 11 is 0. The first-order chi connectivity index (χ1) is 10.0. The molecule has 0 saturated heterocycles. The van der Waals surface area contributed by atoms with E-state index in [1.54, 1.807) is 18.2 Å². The third-order valence-electron chi connectivity index (χ3n) is 2.87. The first-order valence-electron chi connectivity index (χ1n) is 6.28. The number of nitrogens with zero attached hydrogens (tertiary/aromatic N) is 2. The maximum atomic E-state index is 12.5. The van der Waals surface area contributed by atoms with Gasteiger partial charge in [0.05, 0.1) is 25.8 Å². The van der Waals surface area contributed by atoms with Gasteiger partial charge in [0.1, 0.15) is 5.75 Å². The van der Waals surface area contributed by atoms with Crippen LogP contribution in [-0.4, -0.2) is 54.3 Å². The molecule has 0 aliphatic rings. The average Bonchev–Trinajstić information content (AvgIpc) is 2.45. The van der Waals surface area contributed by atoms with Gasteiger partial charge in [-0.25, -0.2) is 8.78 Å². The van der Waals surface area contributed by atoms with E-state index in [0.717, 1.165) is 5.56 Å². The van der Waals surface area contributed by atoms with Gasteiger partial charge in [0.2, 0.25) is 0 Å². The van der Waals surface area contributed by atoms with Gasteiger partial charge in [0.25, 0.3) is 6.43 Å². The van der Waals surface area contributed by atoms with E-state index in [9.17, 15) is 8.78 Å². The molecule has 0 atom stereocenters. The Kier molecular flexibility index (Phi) is 6.83. The van der Waals surface area contributed by atoms with Crippen LogP contribution in [-0.2, 0) is 6.54 Å². The van der Waals surface area contributed by atoms with Crippen molar-refractivity contribution in [1.82, 2.24) is 4.90 Å². The van der Waals surface area contributed by atoms with Gasteiger partial charge in [-0.3, -0.25) is 4.90 Å². The lowest BCUT2D eigenvalue weighted by atomic mass is 10.1. The molecular formula is C13H19F2N3O3. The van der Waals surface area contributed by atoms with Gasteiger partial charge >= 0.3 is 0 Å². The molecule has 21 heavy (non-hydrogen) atoms. The van der Waals surface area contributed by atoms with Crippen LogP contribution in [0.4, 0.5) is 8.78 Å². The van der Waals surface area contributed by atoms with Crippen LogP contribution in [0.3, 0.4) is 0 Å². The average molecular weight is 303 g/mol. The molecule has 118 valence electrons. The van der Waals surface area contributed by atoms with E-state index in [1.807, 2.05) is 0 Å². The Morgan fingerprint density at radius 3 is 2.71 bits per heavy atom. The van der Waals surface area contributed by atoms with Crippen molar-refractivity contribution in [3.8, 4) is 5.75 Å². The molecule has 8 heteroatoms. The SMILES string of the molecule is COc1cc(CN(CCO)CC(F)F)ccc1/C(N)=N/O. The van der Waals surface area contributed by atoms with Gasteiger partial charge in [-0.2, -0.15) is 0 Å². The van der Waals surface area contributed by atoms with E-state index in [1.165, 1.54) is 12.0 Å². The third-order valence-corrected chi connectivity index (χ3v) is 2.87. The molecular weight excluding hydrogens is 284 g/mol. The number of rotatable bonds is 8. The number of amidine groups is 1. The van der Waals surface area contributed by atoms with Crippen molar-refractivity contribution in [1.29, 1.82) is 0 Å². The minimum absolute atomic E-state index is 0.0989. The van der Waals surface area contributed by atoms with Crippen molar-refractivity contribution in [2.45, 2.75) is 13.0 Å². The van der Waals surface area contributed by atoms with E-state index in [2.05, 4.69) is 5.16 Å². The summed E-state index contributed by atoms with van der Waals surface area (Å²) in [6.45, 7) is -0.247. The summed E-state index contributed by atoms with van der Waals surface area (Å²) in [5.41, 5.74) is 6.64. The molecule has 1 aromatic carbocycles. The van der Waals surface area contributed by atoms with Gasteiger partial charge in [0, 0.05) is 13.1 Å². The largest absolute Gasteiger partial charge is 0.496 e. The summed E-state index contributed by atoms with van der Waals surface area (Å²) in [6.07, 6.45) is -2.48. The van der Waals surface area contributed by atoms with Crippen LogP contribution in [0.15, 0.2) is 23.4 Å². The minimum atomic E-state index is -2.48. The van der Waals surface area contributed by atoms with Crippen LogP contribution in [0, 0.1) is 0 Å². The predicted molar refractivity (Wildman–Crippen MR) is 73.9 cm³/mol. The number of alkyl halides is 2. The first-order valence-corrected chi connectivity index (χ1v) is 6.28. The number of benzene rings is 1. The predicted octanol–water partition coefficient (Wildman–Crippen LogP) is 0.849. The highest BCUT2D eigenvalue weighted by molar-refractivity contribution is 5.99. The lowest BCUT2D eigenvalue weighted by molar-refractivity contribution is 0.0746. The number of hydrogen-bond acceptors (Lipinski definition) is 5. The highest BCUT2D eigenvalue weighted by Crippen LogP contribution is 2.21. The topological polar surface area (TPSA) is 91.3 Å². The van der Waals surface area contributed by atoms with Crippen LogP contribution < -0.4 is 10.5 Å². The summed E-state index contributed by atoms with van der Waals surface area (Å²) in [6, 6.07) is 4.89. The molecule has 6 nitrogen and oxygen atoms in total. The van der Waals surface area contributed by atoms with E-state index in [-0.39, 0.29) is 25.5 Å². The molecule has 0 aliphatic carbocycles. The highest BCUT2D eigenvalue weighted by atomic mass is 19.3. The second kappa shape index (κ2) is 8.38. The summed E-state index contributed by atoms with van der Waals surface area (Å²) in [5.74, 6) is 0.280. The molecule has 0 bridgehead atoms. The monoisotopic (exact) mass is 303 g/mol. The molecule has 1 aromatic rings. The maximum Gasteiger partial charge on any atom is 0.251 e. The minimum Gasteiger partial charge on any atom is -0.496 e. The molecule has 4 N–H and O–H groups in total. The molecule has 0 heterocycles. The van der Waals surface area contributed by atoms with E-state index < -0.39 is 13.0 Å². The first kappa shape index (κ1) is 17.1. The van der Waals surface area contributed by atoms with Crippen LogP contribution in [0.1, 0.15) is 11.1 Å². The zero-order chi connectivity index (χ0) is 15.8. The number of nitrogens with two attached hydrogens (primary N) is 1. The van der Waals surface area contributed by atoms with Crippen molar-refractivity contribution in [2.24, 2.45) is 10.9 Å². The van der Waals surface area contributed by atoms with Crippen LogP contribution in [0.5, 0.6) is 5.75 Å². The summed E-state index contributed by atoms with van der Waals surface area (Å²) in [7, 11) is 1.43. The molecule has 0 saturated carbocycles. The molecule has 0 amide bonds. The zero-order valence-corrected chi connectivity index (χ0v) is 11.7. The second-order valence-electron chi connectivity index (χ2n) is 4.37. The Morgan fingerprint density at radius 2 is 2.19 bits per heavy atom. The number of aliphatic hydroxyl groups excluding tert-OH is 1. The molecule has 0 radical (unpaired) electrons. The van der Waals surface area contributed by atoms with E-state index in [4.69, 9.17) is 20.8 Å².